The van der Waals surface area contributed by atoms with Crippen LogP contribution >= 0.6 is 10.9 Å². The SMILES string of the molecule is CC(=O)NNC(=O)[SH]1C=C(C)N=C1NC(=O)[C@H](C(C)C)n1c(=O)[nH]c2ccccc2c1=O. The minimum Gasteiger partial charge on any atom is -0.307 e. The van der Waals surface area contributed by atoms with Crippen molar-refractivity contribution in [2.45, 2.75) is 33.7 Å². The van der Waals surface area contributed by atoms with E-state index < -0.39 is 51.2 Å². The van der Waals surface area contributed by atoms with Crippen LogP contribution in [-0.4, -0.2) is 31.8 Å². The second kappa shape index (κ2) is 9.22. The van der Waals surface area contributed by atoms with Crippen molar-refractivity contribution in [2.24, 2.45) is 10.9 Å². The van der Waals surface area contributed by atoms with Gasteiger partial charge in [0, 0.05) is 12.6 Å². The molecule has 4 N–H and O–H groups in total. The number of allylic oxidation sites excluding steroid dienone is 1. The molecule has 1 aliphatic rings. The third kappa shape index (κ3) is 4.64. The molecule has 2 heterocycles. The molecule has 1 aliphatic heterocycles. The van der Waals surface area contributed by atoms with Crippen LogP contribution in [0.25, 0.3) is 10.9 Å². The molecule has 1 aromatic carbocycles. The van der Waals surface area contributed by atoms with E-state index in [1.54, 1.807) is 50.4 Å². The van der Waals surface area contributed by atoms with Crippen molar-refractivity contribution in [1.82, 2.24) is 25.7 Å². The highest BCUT2D eigenvalue weighted by atomic mass is 32.2. The highest BCUT2D eigenvalue weighted by Crippen LogP contribution is 2.36. The molecule has 2 aromatic rings. The Morgan fingerprint density at radius 3 is 2.47 bits per heavy atom. The largest absolute Gasteiger partial charge is 0.329 e. The van der Waals surface area contributed by atoms with Gasteiger partial charge in [-0.05, 0) is 30.4 Å². The molecule has 0 saturated heterocycles. The molecule has 2 atom stereocenters. The van der Waals surface area contributed by atoms with E-state index in [2.05, 4.69) is 26.1 Å². The fourth-order valence-corrected chi connectivity index (χ4v) is 4.81. The number of aromatic amines is 1. The number of nitrogens with zero attached hydrogens (tertiary/aromatic N) is 2. The van der Waals surface area contributed by atoms with Crippen LogP contribution in [0, 0.1) is 5.92 Å². The molecule has 3 amide bonds. The monoisotopic (exact) mass is 460 g/mol. The van der Waals surface area contributed by atoms with E-state index in [0.29, 0.717) is 11.2 Å². The maximum atomic E-state index is 13.2. The molecular formula is C20H24N6O5S. The summed E-state index contributed by atoms with van der Waals surface area (Å²) in [7, 11) is -1.71. The van der Waals surface area contributed by atoms with Crippen LogP contribution in [0.5, 0.6) is 0 Å². The van der Waals surface area contributed by atoms with Crippen LogP contribution in [0.15, 0.2) is 50.0 Å². The summed E-state index contributed by atoms with van der Waals surface area (Å²) in [6.07, 6.45) is 0. The van der Waals surface area contributed by atoms with E-state index in [1.165, 1.54) is 6.92 Å². The summed E-state index contributed by atoms with van der Waals surface area (Å²) in [5, 5.41) is 4.04. The van der Waals surface area contributed by atoms with Crippen molar-refractivity contribution in [3.8, 4) is 0 Å². The normalized spacial score (nSPS) is 17.5. The summed E-state index contributed by atoms with van der Waals surface area (Å²) in [5.74, 6) is -1.53. The minimum atomic E-state index is -1.71. The first-order valence-electron chi connectivity index (χ1n) is 9.77. The molecule has 0 spiro atoms. The number of aliphatic imine (C=N–C) groups is 1. The highest BCUT2D eigenvalue weighted by molar-refractivity contribution is 8.43. The number of hydrogen-bond acceptors (Lipinski definition) is 6. The van der Waals surface area contributed by atoms with E-state index >= 15 is 0 Å². The maximum absolute atomic E-state index is 13.2. The lowest BCUT2D eigenvalue weighted by molar-refractivity contribution is -0.124. The first-order chi connectivity index (χ1) is 15.1. The van der Waals surface area contributed by atoms with Gasteiger partial charge in [-0.25, -0.2) is 14.4 Å². The first-order valence-corrected chi connectivity index (χ1v) is 11.2. The quantitative estimate of drug-likeness (QED) is 0.341. The number of hydrogen-bond donors (Lipinski definition) is 5. The molecule has 1 aromatic heterocycles. The van der Waals surface area contributed by atoms with Gasteiger partial charge in [0.05, 0.1) is 10.9 Å². The summed E-state index contributed by atoms with van der Waals surface area (Å²) < 4.78 is 0.887. The predicted molar refractivity (Wildman–Crippen MR) is 123 cm³/mol. The number of carbonyl (C=O) groups is 3. The molecule has 170 valence electrons. The number of nitrogens with one attached hydrogen (secondary N) is 4. The van der Waals surface area contributed by atoms with Crippen molar-refractivity contribution in [3.63, 3.8) is 0 Å². The Kier molecular flexibility index (Phi) is 6.63. The van der Waals surface area contributed by atoms with Crippen LogP contribution in [-0.2, 0) is 9.59 Å². The number of aromatic nitrogens is 2. The van der Waals surface area contributed by atoms with Crippen LogP contribution in [0.4, 0.5) is 4.79 Å². The Labute approximate surface area is 185 Å². The molecule has 0 radical (unpaired) electrons. The number of fused-ring (bicyclic) bond motifs is 1. The molecule has 11 nitrogen and oxygen atoms in total. The third-order valence-corrected chi connectivity index (χ3v) is 6.49. The van der Waals surface area contributed by atoms with Gasteiger partial charge >= 0.3 is 5.69 Å². The van der Waals surface area contributed by atoms with Crippen molar-refractivity contribution < 1.29 is 14.4 Å². The molecule has 32 heavy (non-hydrogen) atoms. The van der Waals surface area contributed by atoms with Gasteiger partial charge in [0.1, 0.15) is 6.04 Å². The lowest BCUT2D eigenvalue weighted by Gasteiger charge is -2.23. The van der Waals surface area contributed by atoms with Crippen LogP contribution in [0.3, 0.4) is 0 Å². The summed E-state index contributed by atoms with van der Waals surface area (Å²) in [6.45, 7) is 6.32. The maximum Gasteiger partial charge on any atom is 0.329 e. The summed E-state index contributed by atoms with van der Waals surface area (Å²) >= 11 is 0. The molecule has 0 saturated carbocycles. The Balaban J connectivity index is 1.93. The van der Waals surface area contributed by atoms with E-state index in [9.17, 15) is 24.0 Å². The standard InChI is InChI=1S/C20H24N6O5S/c1-10(2)15(26-17(29)13-7-5-6-8-14(13)22-19(26)30)16(28)23-18-21-11(3)9-32(18)20(31)25-24-12(4)27/h5-10,15,32H,1-4H3,(H,22,30)(H,24,27)(H,25,31)(H,21,23,28)/t15-/m0/s1. The van der Waals surface area contributed by atoms with Gasteiger partial charge in [-0.2, -0.15) is 0 Å². The lowest BCUT2D eigenvalue weighted by Crippen LogP contribution is -2.48. The molecule has 0 fully saturated rings. The van der Waals surface area contributed by atoms with Gasteiger partial charge in [-0.15, -0.1) is 0 Å². The average molecular weight is 461 g/mol. The molecule has 0 bridgehead atoms. The van der Waals surface area contributed by atoms with E-state index in [4.69, 9.17) is 0 Å². The van der Waals surface area contributed by atoms with Gasteiger partial charge in [0.15, 0.2) is 5.17 Å². The molecule has 12 heteroatoms. The van der Waals surface area contributed by atoms with Crippen molar-refractivity contribution in [1.29, 1.82) is 0 Å². The number of hydrazine groups is 1. The fraction of sp³-hybridized carbons (Fsp3) is 0.300. The van der Waals surface area contributed by atoms with Crippen LogP contribution in [0.1, 0.15) is 33.7 Å². The molecular weight excluding hydrogens is 436 g/mol. The van der Waals surface area contributed by atoms with E-state index in [0.717, 1.165) is 4.57 Å². The van der Waals surface area contributed by atoms with Gasteiger partial charge in [-0.1, -0.05) is 36.9 Å². The Hall–Kier alpha value is -3.67. The van der Waals surface area contributed by atoms with Crippen LogP contribution < -0.4 is 27.4 Å². The fourth-order valence-electron chi connectivity index (χ4n) is 3.27. The summed E-state index contributed by atoms with van der Waals surface area (Å²) in [5.41, 5.74) is 4.06. The van der Waals surface area contributed by atoms with Gasteiger partial charge < -0.3 is 10.3 Å². The smallest absolute Gasteiger partial charge is 0.307 e. The molecule has 1 unspecified atom stereocenters. The van der Waals surface area contributed by atoms with Gasteiger partial charge in [0.2, 0.25) is 11.8 Å². The number of carbonyl (C=O) groups excluding carboxylic acids is 3. The second-order valence-corrected chi connectivity index (χ2v) is 9.34. The summed E-state index contributed by atoms with van der Waals surface area (Å²) in [4.78, 5) is 69.3. The minimum absolute atomic E-state index is 0.0984. The zero-order valence-electron chi connectivity index (χ0n) is 17.9. The zero-order chi connectivity index (χ0) is 23.6. The molecule has 3 rings (SSSR count). The zero-order valence-corrected chi connectivity index (χ0v) is 18.8. The number of para-hydroxylation sites is 1. The van der Waals surface area contributed by atoms with Crippen LogP contribution in [0.2, 0.25) is 0 Å². The highest BCUT2D eigenvalue weighted by Gasteiger charge is 2.32. The average Bonchev–Trinajstić information content (AvgIpc) is 3.08. The Bertz CT molecular complexity index is 1280. The third-order valence-electron chi connectivity index (χ3n) is 4.64. The lowest BCUT2D eigenvalue weighted by atomic mass is 10.0. The topological polar surface area (TPSA) is 155 Å². The molecule has 0 aliphatic carbocycles. The number of benzene rings is 1. The second-order valence-electron chi connectivity index (χ2n) is 7.52. The van der Waals surface area contributed by atoms with Crippen molar-refractivity contribution >= 4 is 44.0 Å². The Morgan fingerprint density at radius 1 is 1.12 bits per heavy atom. The number of H-pyrrole nitrogens is 1. The first kappa shape index (κ1) is 23.0. The number of amidine groups is 1. The number of rotatable bonds is 3. The number of thiol groups is 1. The van der Waals surface area contributed by atoms with Gasteiger partial charge in [-0.3, -0.25) is 30.0 Å². The number of amides is 3. The van der Waals surface area contributed by atoms with Crippen molar-refractivity contribution in [2.75, 3.05) is 0 Å². The van der Waals surface area contributed by atoms with E-state index in [-0.39, 0.29) is 10.6 Å². The summed E-state index contributed by atoms with van der Waals surface area (Å²) in [6, 6.07) is 5.39. The Morgan fingerprint density at radius 2 is 1.81 bits per heavy atom. The predicted octanol–water partition coefficient (Wildman–Crippen LogP) is 0.996. The van der Waals surface area contributed by atoms with Gasteiger partial charge in [0.25, 0.3) is 10.8 Å². The van der Waals surface area contributed by atoms with E-state index in [1.807, 2.05) is 0 Å². The van der Waals surface area contributed by atoms with Crippen molar-refractivity contribution in [3.05, 3.63) is 56.2 Å².